The second-order valence-electron chi connectivity index (χ2n) is 5.70. The molecule has 0 radical (unpaired) electrons. The van der Waals surface area contributed by atoms with Crippen molar-refractivity contribution in [1.82, 2.24) is 9.88 Å². The van der Waals surface area contributed by atoms with E-state index in [1.807, 2.05) is 6.07 Å². The van der Waals surface area contributed by atoms with E-state index in [-0.39, 0.29) is 0 Å². The minimum Gasteiger partial charge on any atom is -0.347 e. The fourth-order valence-corrected chi connectivity index (χ4v) is 2.98. The van der Waals surface area contributed by atoms with Crippen LogP contribution in [0.25, 0.3) is 10.9 Å². The van der Waals surface area contributed by atoms with E-state index in [4.69, 9.17) is 11.6 Å². The molecule has 1 aromatic heterocycles. The van der Waals surface area contributed by atoms with Gasteiger partial charge in [-0.15, -0.1) is 0 Å². The molecule has 2 nitrogen and oxygen atoms in total. The second-order valence-corrected chi connectivity index (χ2v) is 6.14. The molecule has 0 aliphatic rings. The van der Waals surface area contributed by atoms with Crippen LogP contribution in [0, 0.1) is 0 Å². The lowest BCUT2D eigenvalue weighted by Crippen LogP contribution is -2.11. The summed E-state index contributed by atoms with van der Waals surface area (Å²) in [6.07, 6.45) is 8.86. The van der Waals surface area contributed by atoms with Gasteiger partial charge < -0.3 is 9.88 Å². The number of nitrogens with one attached hydrogen (secondary N) is 1. The average Bonchev–Trinajstić information content (AvgIpc) is 2.82. The van der Waals surface area contributed by atoms with Crippen molar-refractivity contribution in [2.75, 3.05) is 6.54 Å². The third kappa shape index (κ3) is 4.49. The van der Waals surface area contributed by atoms with Gasteiger partial charge in [0.2, 0.25) is 0 Å². The molecule has 0 bridgehead atoms. The standard InChI is InChI=1S/C18H27ClN2/c1-3-5-6-7-8-11-21-14-15(13-20-4-2)17-10-9-16(19)12-18(17)21/h9-10,12,14,20H,3-8,11,13H2,1-2H3. The highest BCUT2D eigenvalue weighted by Crippen LogP contribution is 2.25. The molecule has 0 saturated heterocycles. The van der Waals surface area contributed by atoms with Gasteiger partial charge in [-0.2, -0.15) is 0 Å². The van der Waals surface area contributed by atoms with Gasteiger partial charge in [0.05, 0.1) is 0 Å². The highest BCUT2D eigenvalue weighted by atomic mass is 35.5. The Bertz CT molecular complexity index is 560. The summed E-state index contributed by atoms with van der Waals surface area (Å²) in [5.41, 5.74) is 2.64. The van der Waals surface area contributed by atoms with Crippen molar-refractivity contribution in [1.29, 1.82) is 0 Å². The minimum absolute atomic E-state index is 0.822. The molecule has 0 spiro atoms. The fourth-order valence-electron chi connectivity index (χ4n) is 2.81. The van der Waals surface area contributed by atoms with E-state index in [1.165, 1.54) is 48.6 Å². The topological polar surface area (TPSA) is 17.0 Å². The zero-order valence-corrected chi connectivity index (χ0v) is 14.0. The predicted octanol–water partition coefficient (Wildman–Crippen LogP) is 5.37. The lowest BCUT2D eigenvalue weighted by atomic mass is 10.1. The molecule has 0 saturated carbocycles. The summed E-state index contributed by atoms with van der Waals surface area (Å²) in [6, 6.07) is 6.24. The smallest absolute Gasteiger partial charge is 0.0498 e. The zero-order chi connectivity index (χ0) is 15.1. The number of hydrogen-bond acceptors (Lipinski definition) is 1. The Balaban J connectivity index is 2.11. The molecule has 0 fully saturated rings. The Morgan fingerprint density at radius 3 is 2.67 bits per heavy atom. The van der Waals surface area contributed by atoms with Crippen LogP contribution in [0.15, 0.2) is 24.4 Å². The molecule has 1 N–H and O–H groups in total. The Kier molecular flexibility index (Phi) is 6.59. The van der Waals surface area contributed by atoms with Crippen LogP contribution in [-0.4, -0.2) is 11.1 Å². The maximum absolute atomic E-state index is 6.18. The number of rotatable bonds is 9. The molecule has 2 rings (SSSR count). The number of aromatic nitrogens is 1. The Morgan fingerprint density at radius 2 is 1.90 bits per heavy atom. The summed E-state index contributed by atoms with van der Waals surface area (Å²) >= 11 is 6.18. The third-order valence-corrected chi connectivity index (χ3v) is 4.23. The van der Waals surface area contributed by atoms with Crippen LogP contribution in [0.1, 0.15) is 51.5 Å². The molecule has 2 aromatic rings. The summed E-state index contributed by atoms with van der Waals surface area (Å²) in [7, 11) is 0. The molecule has 21 heavy (non-hydrogen) atoms. The normalized spacial score (nSPS) is 11.4. The molecular formula is C18H27ClN2. The first-order valence-electron chi connectivity index (χ1n) is 8.24. The summed E-state index contributed by atoms with van der Waals surface area (Å²) in [4.78, 5) is 0. The number of halogens is 1. The van der Waals surface area contributed by atoms with Crippen LogP contribution in [0.5, 0.6) is 0 Å². The van der Waals surface area contributed by atoms with Crippen LogP contribution in [0.4, 0.5) is 0 Å². The van der Waals surface area contributed by atoms with Gasteiger partial charge in [0.25, 0.3) is 0 Å². The largest absolute Gasteiger partial charge is 0.347 e. The van der Waals surface area contributed by atoms with Crippen molar-refractivity contribution in [2.45, 2.75) is 59.0 Å². The molecule has 0 amide bonds. The van der Waals surface area contributed by atoms with Crippen LogP contribution >= 0.6 is 11.6 Å². The van der Waals surface area contributed by atoms with E-state index in [0.29, 0.717) is 0 Å². The van der Waals surface area contributed by atoms with E-state index in [2.05, 4.69) is 42.1 Å². The van der Waals surface area contributed by atoms with Gasteiger partial charge >= 0.3 is 0 Å². The number of unbranched alkanes of at least 4 members (excludes halogenated alkanes) is 4. The highest BCUT2D eigenvalue weighted by molar-refractivity contribution is 6.31. The number of hydrogen-bond donors (Lipinski definition) is 1. The lowest BCUT2D eigenvalue weighted by Gasteiger charge is -2.05. The molecule has 0 aliphatic carbocycles. The summed E-state index contributed by atoms with van der Waals surface area (Å²) < 4.78 is 2.37. The van der Waals surface area contributed by atoms with Crippen LogP contribution in [0.2, 0.25) is 5.02 Å². The molecule has 0 unspecified atom stereocenters. The highest BCUT2D eigenvalue weighted by Gasteiger charge is 2.08. The van der Waals surface area contributed by atoms with Crippen molar-refractivity contribution < 1.29 is 0 Å². The van der Waals surface area contributed by atoms with Gasteiger partial charge in [0.15, 0.2) is 0 Å². The van der Waals surface area contributed by atoms with Gasteiger partial charge in [-0.1, -0.05) is 57.2 Å². The molecule has 1 aromatic carbocycles. The van der Waals surface area contributed by atoms with Crippen molar-refractivity contribution >= 4 is 22.5 Å². The van der Waals surface area contributed by atoms with E-state index in [9.17, 15) is 0 Å². The lowest BCUT2D eigenvalue weighted by molar-refractivity contribution is 0.576. The Labute approximate surface area is 133 Å². The van der Waals surface area contributed by atoms with E-state index in [0.717, 1.165) is 24.7 Å². The van der Waals surface area contributed by atoms with E-state index in [1.54, 1.807) is 0 Å². The molecule has 116 valence electrons. The number of aryl methyl sites for hydroxylation is 1. The number of fused-ring (bicyclic) bond motifs is 1. The van der Waals surface area contributed by atoms with E-state index < -0.39 is 0 Å². The summed E-state index contributed by atoms with van der Waals surface area (Å²) in [5, 5.41) is 5.57. The van der Waals surface area contributed by atoms with E-state index >= 15 is 0 Å². The summed E-state index contributed by atoms with van der Waals surface area (Å²) in [6.45, 7) is 7.42. The van der Waals surface area contributed by atoms with Crippen molar-refractivity contribution in [3.8, 4) is 0 Å². The fraction of sp³-hybridized carbons (Fsp3) is 0.556. The second kappa shape index (κ2) is 8.45. The van der Waals surface area contributed by atoms with Gasteiger partial charge in [-0.3, -0.25) is 0 Å². The first kappa shape index (κ1) is 16.4. The van der Waals surface area contributed by atoms with Gasteiger partial charge in [-0.05, 0) is 30.7 Å². The molecule has 0 atom stereocenters. The Morgan fingerprint density at radius 1 is 1.10 bits per heavy atom. The third-order valence-electron chi connectivity index (χ3n) is 3.99. The first-order valence-corrected chi connectivity index (χ1v) is 8.62. The Hall–Kier alpha value is -0.990. The number of benzene rings is 1. The van der Waals surface area contributed by atoms with Crippen molar-refractivity contribution in [2.24, 2.45) is 0 Å². The van der Waals surface area contributed by atoms with Crippen molar-refractivity contribution in [3.63, 3.8) is 0 Å². The number of nitrogens with zero attached hydrogens (tertiary/aromatic N) is 1. The van der Waals surface area contributed by atoms with Crippen LogP contribution < -0.4 is 5.32 Å². The summed E-state index contributed by atoms with van der Waals surface area (Å²) in [5.74, 6) is 0. The average molecular weight is 307 g/mol. The SMILES string of the molecule is CCCCCCCn1cc(CNCC)c2ccc(Cl)cc21. The quantitative estimate of drug-likeness (QED) is 0.616. The van der Waals surface area contributed by atoms with Gasteiger partial charge in [0, 0.05) is 35.2 Å². The molecular weight excluding hydrogens is 280 g/mol. The molecule has 0 aliphatic heterocycles. The predicted molar refractivity (Wildman–Crippen MR) is 93.1 cm³/mol. The molecule has 3 heteroatoms. The minimum atomic E-state index is 0.822. The maximum Gasteiger partial charge on any atom is 0.0498 e. The maximum atomic E-state index is 6.18. The zero-order valence-electron chi connectivity index (χ0n) is 13.3. The monoisotopic (exact) mass is 306 g/mol. The van der Waals surface area contributed by atoms with Crippen LogP contribution in [0.3, 0.4) is 0 Å². The van der Waals surface area contributed by atoms with Crippen molar-refractivity contribution in [3.05, 3.63) is 35.0 Å². The van der Waals surface area contributed by atoms with Gasteiger partial charge in [-0.25, -0.2) is 0 Å². The molecule has 1 heterocycles. The van der Waals surface area contributed by atoms with Gasteiger partial charge in [0.1, 0.15) is 0 Å². The first-order chi connectivity index (χ1) is 10.3. The van der Waals surface area contributed by atoms with Crippen LogP contribution in [-0.2, 0) is 13.1 Å².